The summed E-state index contributed by atoms with van der Waals surface area (Å²) in [6, 6.07) is 1.04. The highest BCUT2D eigenvalue weighted by atomic mass is 28.4. The summed E-state index contributed by atoms with van der Waals surface area (Å²) in [4.78, 5) is 0. The van der Waals surface area contributed by atoms with Crippen molar-refractivity contribution < 1.29 is 14.0 Å². The Hall–Kier alpha value is 0.0969. The van der Waals surface area contributed by atoms with E-state index in [1.807, 2.05) is 20.8 Å². The molecule has 14 heavy (non-hydrogen) atoms. The Morgan fingerprint density at radius 3 is 1.50 bits per heavy atom. The van der Waals surface area contributed by atoms with Gasteiger partial charge in [-0.1, -0.05) is 13.8 Å². The van der Waals surface area contributed by atoms with Crippen LogP contribution in [0.1, 0.15) is 34.1 Å². The largest absolute Gasteiger partial charge is 0.396 e. The molecule has 0 fully saturated rings. The highest BCUT2D eigenvalue weighted by Gasteiger charge is 2.27. The van der Waals surface area contributed by atoms with Gasteiger partial charge in [0.05, 0.1) is 0 Å². The maximum absolute atomic E-state index is 7.88. The summed E-state index contributed by atoms with van der Waals surface area (Å²) < 4.78 is 11.1. The lowest BCUT2D eigenvalue weighted by Gasteiger charge is -2.23. The van der Waals surface area contributed by atoms with Crippen LogP contribution in [0.5, 0.6) is 0 Å². The molecule has 0 atom stereocenters. The average molecular weight is 222 g/mol. The Morgan fingerprint density at radius 2 is 1.36 bits per heavy atom. The van der Waals surface area contributed by atoms with E-state index >= 15 is 0 Å². The number of aliphatic hydroxyl groups is 1. The first kappa shape index (κ1) is 16.5. The normalized spacial score (nSPS) is 10.7. The van der Waals surface area contributed by atoms with Crippen LogP contribution in [0.15, 0.2) is 0 Å². The molecule has 0 aromatic rings. The van der Waals surface area contributed by atoms with Crippen LogP contribution in [0.25, 0.3) is 0 Å². The van der Waals surface area contributed by atoms with Gasteiger partial charge < -0.3 is 14.0 Å². The lowest BCUT2D eigenvalue weighted by Crippen LogP contribution is -2.37. The lowest BCUT2D eigenvalue weighted by molar-refractivity contribution is 0.190. The Kier molecular flexibility index (Phi) is 13.2. The highest BCUT2D eigenvalue weighted by molar-refractivity contribution is 6.65. The van der Waals surface area contributed by atoms with Crippen LogP contribution >= 0.6 is 0 Å². The molecule has 0 heterocycles. The molecule has 0 bridgehead atoms. The van der Waals surface area contributed by atoms with Crippen molar-refractivity contribution in [2.24, 2.45) is 0 Å². The molecule has 0 rings (SSSR count). The van der Waals surface area contributed by atoms with Gasteiger partial charge in [0.25, 0.3) is 0 Å². The van der Waals surface area contributed by atoms with Crippen LogP contribution in [-0.4, -0.2) is 33.5 Å². The molecular weight excluding hydrogens is 196 g/mol. The molecule has 0 aromatic heterocycles. The molecule has 0 saturated carbocycles. The third-order valence-electron chi connectivity index (χ3n) is 1.77. The van der Waals surface area contributed by atoms with Crippen molar-refractivity contribution in [2.75, 3.05) is 19.8 Å². The van der Waals surface area contributed by atoms with Gasteiger partial charge in [0.2, 0.25) is 0 Å². The van der Waals surface area contributed by atoms with E-state index in [4.69, 9.17) is 14.0 Å². The quantitative estimate of drug-likeness (QED) is 0.702. The molecule has 1 N–H and O–H groups in total. The minimum atomic E-state index is -1.72. The molecule has 0 radical (unpaired) electrons. The van der Waals surface area contributed by atoms with Crippen LogP contribution < -0.4 is 0 Å². The van der Waals surface area contributed by atoms with Gasteiger partial charge in [0, 0.05) is 19.8 Å². The Balaban J connectivity index is 0. The molecule has 88 valence electrons. The fourth-order valence-corrected chi connectivity index (χ4v) is 2.57. The maximum atomic E-state index is 7.88. The molecule has 0 spiro atoms. The monoisotopic (exact) mass is 222 g/mol. The van der Waals surface area contributed by atoms with Crippen molar-refractivity contribution in [1.82, 2.24) is 0 Å². The molecule has 4 heteroatoms. The Labute approximate surface area is 89.7 Å². The van der Waals surface area contributed by atoms with Crippen molar-refractivity contribution in [1.29, 1.82) is 0 Å². The molecular formula is C10H26O3Si. The smallest absolute Gasteiger partial charge is 0.334 e. The van der Waals surface area contributed by atoms with Crippen molar-refractivity contribution in [3.05, 3.63) is 0 Å². The number of rotatable bonds is 6. The third-order valence-corrected chi connectivity index (χ3v) is 4.85. The van der Waals surface area contributed by atoms with Crippen LogP contribution in [0.3, 0.4) is 0 Å². The Bertz CT molecular complexity index is 102. The van der Waals surface area contributed by atoms with Crippen molar-refractivity contribution in [3.8, 4) is 0 Å². The average Bonchev–Trinajstić information content (AvgIpc) is 2.19. The predicted molar refractivity (Wildman–Crippen MR) is 62.7 cm³/mol. The van der Waals surface area contributed by atoms with E-state index in [2.05, 4.69) is 13.5 Å². The van der Waals surface area contributed by atoms with E-state index in [-0.39, 0.29) is 0 Å². The van der Waals surface area contributed by atoms with Crippen LogP contribution in [0.2, 0.25) is 12.6 Å². The van der Waals surface area contributed by atoms with E-state index in [0.717, 1.165) is 25.7 Å². The first-order valence-corrected chi connectivity index (χ1v) is 8.01. The van der Waals surface area contributed by atoms with Gasteiger partial charge >= 0.3 is 8.56 Å². The predicted octanol–water partition coefficient (Wildman–Crippen LogP) is 2.54. The molecule has 3 nitrogen and oxygen atoms in total. The van der Waals surface area contributed by atoms with Crippen molar-refractivity contribution in [2.45, 2.75) is 46.7 Å². The number of aliphatic hydroxyl groups excluding tert-OH is 1. The summed E-state index contributed by atoms with van der Waals surface area (Å²) in [6.45, 7) is 12.1. The van der Waals surface area contributed by atoms with E-state index in [9.17, 15) is 0 Å². The molecule has 0 unspecified atom stereocenters. The second-order valence-corrected chi connectivity index (χ2v) is 6.63. The van der Waals surface area contributed by atoms with Gasteiger partial charge in [-0.3, -0.25) is 0 Å². The van der Waals surface area contributed by atoms with E-state index in [1.165, 1.54) is 0 Å². The molecule has 0 aliphatic carbocycles. The molecule has 0 aliphatic heterocycles. The summed E-state index contributed by atoms with van der Waals surface area (Å²) in [7, 11) is -1.72. The summed E-state index contributed by atoms with van der Waals surface area (Å²) in [6.07, 6.45) is 0.875. The lowest BCUT2D eigenvalue weighted by atomic mass is 10.5. The minimum absolute atomic E-state index is 0.319. The minimum Gasteiger partial charge on any atom is -0.396 e. The fraction of sp³-hybridized carbons (Fsp3) is 1.00. The van der Waals surface area contributed by atoms with Crippen molar-refractivity contribution in [3.63, 3.8) is 0 Å². The molecule has 0 amide bonds. The summed E-state index contributed by atoms with van der Waals surface area (Å²) >= 11 is 0. The van der Waals surface area contributed by atoms with Crippen LogP contribution in [0, 0.1) is 0 Å². The molecule has 0 aromatic carbocycles. The van der Waals surface area contributed by atoms with Gasteiger partial charge in [0.1, 0.15) is 0 Å². The summed E-state index contributed by atoms with van der Waals surface area (Å²) in [5.41, 5.74) is 0. The zero-order valence-corrected chi connectivity index (χ0v) is 11.3. The van der Waals surface area contributed by atoms with Crippen LogP contribution in [-0.2, 0) is 8.85 Å². The second kappa shape index (κ2) is 11.2. The van der Waals surface area contributed by atoms with Gasteiger partial charge in [-0.05, 0) is 32.9 Å². The highest BCUT2D eigenvalue weighted by Crippen LogP contribution is 2.11. The summed E-state index contributed by atoms with van der Waals surface area (Å²) in [5, 5.41) is 7.88. The standard InChI is InChI=1S/C7H18O2Si.C3H8O/c1-5-8-10(4,7-3)9-6-2;1-2-3-4/h5-7H2,1-4H3;4H,2-3H2,1H3. The molecule has 0 saturated heterocycles. The van der Waals surface area contributed by atoms with E-state index in [1.54, 1.807) is 0 Å². The second-order valence-electron chi connectivity index (χ2n) is 3.08. The maximum Gasteiger partial charge on any atom is 0.334 e. The topological polar surface area (TPSA) is 38.7 Å². The first-order chi connectivity index (χ1) is 6.60. The van der Waals surface area contributed by atoms with Crippen molar-refractivity contribution >= 4 is 8.56 Å². The van der Waals surface area contributed by atoms with Gasteiger partial charge in [0.15, 0.2) is 0 Å². The zero-order chi connectivity index (χ0) is 11.4. The van der Waals surface area contributed by atoms with E-state index < -0.39 is 8.56 Å². The SMILES string of the molecule is CCCO.CCO[Si](C)(CC)OCC. The fourth-order valence-electron chi connectivity index (χ4n) is 0.856. The number of hydrogen-bond donors (Lipinski definition) is 1. The molecule has 0 aliphatic rings. The van der Waals surface area contributed by atoms with E-state index in [0.29, 0.717) is 6.61 Å². The first-order valence-electron chi connectivity index (χ1n) is 5.48. The van der Waals surface area contributed by atoms with Gasteiger partial charge in [-0.2, -0.15) is 0 Å². The third kappa shape index (κ3) is 10.2. The zero-order valence-electron chi connectivity index (χ0n) is 10.3. The number of hydrogen-bond acceptors (Lipinski definition) is 3. The summed E-state index contributed by atoms with van der Waals surface area (Å²) in [5.74, 6) is 0. The van der Waals surface area contributed by atoms with Gasteiger partial charge in [-0.25, -0.2) is 0 Å². The van der Waals surface area contributed by atoms with Gasteiger partial charge in [-0.15, -0.1) is 0 Å². The van der Waals surface area contributed by atoms with Crippen LogP contribution in [0.4, 0.5) is 0 Å². The Morgan fingerprint density at radius 1 is 1.00 bits per heavy atom.